The van der Waals surface area contributed by atoms with Gasteiger partial charge in [-0.25, -0.2) is 4.85 Å². The first kappa shape index (κ1) is 21.8. The molecule has 10 heteroatoms. The molecule has 150 valence electrons. The zero-order valence-electron chi connectivity index (χ0n) is 14.9. The highest BCUT2D eigenvalue weighted by molar-refractivity contribution is 7.88. The second-order valence-electron chi connectivity index (χ2n) is 5.41. The molecule has 2 aromatic carbocycles. The summed E-state index contributed by atoms with van der Waals surface area (Å²) >= 11 is 0. The Hall–Kier alpha value is -3.50. The van der Waals surface area contributed by atoms with E-state index in [1.807, 2.05) is 13.0 Å². The smallest absolute Gasteiger partial charge is 0.494 e. The summed E-state index contributed by atoms with van der Waals surface area (Å²) in [5.41, 5.74) is -4.92. The van der Waals surface area contributed by atoms with Gasteiger partial charge in [0, 0.05) is 0 Å². The van der Waals surface area contributed by atoms with Crippen LogP contribution in [-0.4, -0.2) is 20.5 Å². The highest BCUT2D eigenvalue weighted by Gasteiger charge is 2.48. The molecule has 0 radical (unpaired) electrons. The molecule has 0 aliphatic carbocycles. The monoisotopic (exact) mass is 422 g/mol. The molecule has 0 unspecified atom stereocenters. The maximum Gasteiger partial charge on any atom is 0.534 e. The maximum atomic E-state index is 12.4. The van der Waals surface area contributed by atoms with Crippen LogP contribution >= 0.6 is 0 Å². The number of hydrogen-bond donors (Lipinski definition) is 0. The van der Waals surface area contributed by atoms with E-state index in [9.17, 15) is 26.9 Å². The topological polar surface area (TPSA) is 80.8 Å². The molecule has 0 atom stereocenters. The number of halogens is 3. The minimum atomic E-state index is -5.80. The molecule has 2 rings (SSSR count). The fourth-order valence-electron chi connectivity index (χ4n) is 2.25. The highest BCUT2D eigenvalue weighted by Crippen LogP contribution is 2.31. The molecule has 0 aliphatic heterocycles. The Labute approximate surface area is 165 Å². The normalized spacial score (nSPS) is 12.3. The van der Waals surface area contributed by atoms with Crippen molar-refractivity contribution in [2.45, 2.75) is 12.4 Å². The van der Waals surface area contributed by atoms with Crippen LogP contribution in [0.15, 0.2) is 48.5 Å². The first-order chi connectivity index (χ1) is 13.6. The fourth-order valence-corrected chi connectivity index (χ4v) is 2.70. The molecule has 29 heavy (non-hydrogen) atoms. The van der Waals surface area contributed by atoms with Crippen molar-refractivity contribution in [2.24, 2.45) is 0 Å². The van der Waals surface area contributed by atoms with Crippen LogP contribution in [0.3, 0.4) is 0 Å². The molecule has 2 aromatic rings. The van der Waals surface area contributed by atoms with Gasteiger partial charge >= 0.3 is 15.6 Å². The number of allylic oxidation sites excluding steroid dienone is 1. The molecule has 0 amide bonds. The highest BCUT2D eigenvalue weighted by atomic mass is 32.2. The Morgan fingerprint density at radius 3 is 2.03 bits per heavy atom. The third-order valence-corrected chi connectivity index (χ3v) is 4.51. The molecule has 0 aliphatic rings. The SMILES string of the molecule is [C-]#[N+]/C(=C(/C#N)c1ccc(OCC)cc1)c1ccc(OS(=O)(=O)C(F)(F)F)cc1. The second kappa shape index (κ2) is 8.67. The van der Waals surface area contributed by atoms with Gasteiger partial charge in [-0.05, 0) is 42.3 Å². The van der Waals surface area contributed by atoms with Crippen molar-refractivity contribution in [1.82, 2.24) is 0 Å². The van der Waals surface area contributed by atoms with Crippen molar-refractivity contribution in [3.63, 3.8) is 0 Å². The van der Waals surface area contributed by atoms with Gasteiger partial charge in [0.15, 0.2) is 0 Å². The molecule has 0 saturated carbocycles. The van der Waals surface area contributed by atoms with Crippen LogP contribution in [0.1, 0.15) is 18.1 Å². The standard InChI is InChI=1S/C19H13F3N2O4S/c1-3-27-15-8-4-13(5-9-15)17(12-23)18(24-2)14-6-10-16(11-7-14)28-29(25,26)19(20,21)22/h4-11H,3H2,1H3/b18-17-. The summed E-state index contributed by atoms with van der Waals surface area (Å²) in [4.78, 5) is 3.34. The quantitative estimate of drug-likeness (QED) is 0.223. The van der Waals surface area contributed by atoms with Crippen LogP contribution in [-0.2, 0) is 10.1 Å². The number of rotatable bonds is 6. The van der Waals surface area contributed by atoms with Gasteiger partial charge in [-0.2, -0.15) is 26.9 Å². The summed E-state index contributed by atoms with van der Waals surface area (Å²) < 4.78 is 68.6. The van der Waals surface area contributed by atoms with Gasteiger partial charge in [0.25, 0.3) is 0 Å². The Balaban J connectivity index is 2.39. The maximum absolute atomic E-state index is 12.4. The van der Waals surface area contributed by atoms with E-state index in [1.54, 1.807) is 24.3 Å². The summed E-state index contributed by atoms with van der Waals surface area (Å²) in [6, 6.07) is 12.7. The van der Waals surface area contributed by atoms with Crippen molar-refractivity contribution in [1.29, 1.82) is 5.26 Å². The van der Waals surface area contributed by atoms with E-state index < -0.39 is 21.4 Å². The number of ether oxygens (including phenoxy) is 1. The number of benzene rings is 2. The Morgan fingerprint density at radius 1 is 1.07 bits per heavy atom. The number of nitrogens with zero attached hydrogens (tertiary/aromatic N) is 2. The van der Waals surface area contributed by atoms with Crippen LogP contribution in [0, 0.1) is 17.9 Å². The number of hydrogen-bond acceptors (Lipinski definition) is 5. The minimum Gasteiger partial charge on any atom is -0.494 e. The molecule has 0 N–H and O–H groups in total. The van der Waals surface area contributed by atoms with E-state index in [0.29, 0.717) is 17.9 Å². The van der Waals surface area contributed by atoms with Gasteiger partial charge in [-0.3, -0.25) is 0 Å². The molecule has 0 heterocycles. The zero-order valence-corrected chi connectivity index (χ0v) is 15.7. The lowest BCUT2D eigenvalue weighted by molar-refractivity contribution is -0.0500. The first-order valence-corrected chi connectivity index (χ1v) is 9.40. The van der Waals surface area contributed by atoms with E-state index in [0.717, 1.165) is 12.1 Å². The van der Waals surface area contributed by atoms with Crippen molar-refractivity contribution < 1.29 is 30.5 Å². The predicted octanol–water partition coefficient (Wildman–Crippen LogP) is 4.62. The van der Waals surface area contributed by atoms with Crippen molar-refractivity contribution in [3.8, 4) is 17.6 Å². The summed E-state index contributed by atoms with van der Waals surface area (Å²) in [7, 11) is -5.80. The molecular formula is C19H13F3N2O4S. The summed E-state index contributed by atoms with van der Waals surface area (Å²) in [5.74, 6) is 0.0141. The summed E-state index contributed by atoms with van der Waals surface area (Å²) in [6.07, 6.45) is 0. The Bertz CT molecular complexity index is 1090. The average Bonchev–Trinajstić information content (AvgIpc) is 2.67. The number of nitriles is 1. The van der Waals surface area contributed by atoms with E-state index in [2.05, 4.69) is 9.03 Å². The van der Waals surface area contributed by atoms with Crippen LogP contribution in [0.5, 0.6) is 11.5 Å². The second-order valence-corrected chi connectivity index (χ2v) is 6.95. The fraction of sp³-hybridized carbons (Fsp3) is 0.158. The van der Waals surface area contributed by atoms with Gasteiger partial charge < -0.3 is 8.92 Å². The molecule has 6 nitrogen and oxygen atoms in total. The van der Waals surface area contributed by atoms with E-state index in [-0.39, 0.29) is 16.8 Å². The largest absolute Gasteiger partial charge is 0.534 e. The molecule has 0 spiro atoms. The van der Waals surface area contributed by atoms with Gasteiger partial charge in [-0.1, -0.05) is 24.3 Å². The first-order valence-electron chi connectivity index (χ1n) is 7.99. The van der Waals surface area contributed by atoms with Crippen LogP contribution < -0.4 is 8.92 Å². The van der Waals surface area contributed by atoms with Gasteiger partial charge in [0.2, 0.25) is 5.70 Å². The minimum absolute atomic E-state index is 0.0413. The molecule has 0 saturated heterocycles. The van der Waals surface area contributed by atoms with E-state index in [1.165, 1.54) is 12.1 Å². The average molecular weight is 422 g/mol. The van der Waals surface area contributed by atoms with Crippen molar-refractivity contribution in [3.05, 3.63) is 71.1 Å². The lowest BCUT2D eigenvalue weighted by Gasteiger charge is -2.10. The summed E-state index contributed by atoms with van der Waals surface area (Å²) in [6.45, 7) is 9.67. The van der Waals surface area contributed by atoms with Gasteiger partial charge in [-0.15, -0.1) is 0 Å². The van der Waals surface area contributed by atoms with Gasteiger partial charge in [0.05, 0.1) is 24.8 Å². The van der Waals surface area contributed by atoms with Crippen molar-refractivity contribution in [2.75, 3.05) is 6.61 Å². The Kier molecular flexibility index (Phi) is 6.52. The predicted molar refractivity (Wildman–Crippen MR) is 98.7 cm³/mol. The van der Waals surface area contributed by atoms with Crippen molar-refractivity contribution >= 4 is 21.4 Å². The third kappa shape index (κ3) is 5.06. The van der Waals surface area contributed by atoms with Gasteiger partial charge in [0.1, 0.15) is 11.5 Å². The lowest BCUT2D eigenvalue weighted by atomic mass is 10.0. The van der Waals surface area contributed by atoms with E-state index in [4.69, 9.17) is 11.3 Å². The molecule has 0 fully saturated rings. The van der Waals surface area contributed by atoms with Crippen LogP contribution in [0.25, 0.3) is 16.1 Å². The van der Waals surface area contributed by atoms with Crippen LogP contribution in [0.4, 0.5) is 13.2 Å². The third-order valence-electron chi connectivity index (χ3n) is 3.53. The molecule has 0 bridgehead atoms. The zero-order chi connectivity index (χ0) is 21.7. The molecular weight excluding hydrogens is 409 g/mol. The summed E-state index contributed by atoms with van der Waals surface area (Å²) in [5, 5.41) is 9.50. The van der Waals surface area contributed by atoms with E-state index >= 15 is 0 Å². The number of alkyl halides is 3. The van der Waals surface area contributed by atoms with Crippen LogP contribution in [0.2, 0.25) is 0 Å². The molecule has 0 aromatic heterocycles. The lowest BCUT2D eigenvalue weighted by Crippen LogP contribution is -2.28. The Morgan fingerprint density at radius 2 is 1.59 bits per heavy atom.